The lowest BCUT2D eigenvalue weighted by atomic mass is 10.1. The number of rotatable bonds is 4. The van der Waals surface area contributed by atoms with E-state index in [9.17, 15) is 12.8 Å². The molecule has 0 heterocycles. The van der Waals surface area contributed by atoms with Crippen LogP contribution in [0.5, 0.6) is 5.75 Å². The number of hydrogen-bond acceptors (Lipinski definition) is 3. The number of ether oxygens (including phenoxy) is 1. The van der Waals surface area contributed by atoms with Crippen LogP contribution in [0.2, 0.25) is 5.02 Å². The Morgan fingerprint density at radius 1 is 1.19 bits per heavy atom. The minimum absolute atomic E-state index is 0.0724. The Hall–Kier alpha value is -1.30. The van der Waals surface area contributed by atoms with Gasteiger partial charge in [-0.25, -0.2) is 12.8 Å². The van der Waals surface area contributed by atoms with Gasteiger partial charge in [0.25, 0.3) is 9.05 Å². The first-order valence-electron chi connectivity index (χ1n) is 5.89. The van der Waals surface area contributed by atoms with E-state index in [0.29, 0.717) is 10.6 Å². The van der Waals surface area contributed by atoms with Gasteiger partial charge in [-0.2, -0.15) is 0 Å². The van der Waals surface area contributed by atoms with E-state index in [4.69, 9.17) is 27.0 Å². The number of benzene rings is 2. The molecule has 3 nitrogen and oxygen atoms in total. The van der Waals surface area contributed by atoms with Crippen LogP contribution in [0.3, 0.4) is 0 Å². The van der Waals surface area contributed by atoms with Crippen molar-refractivity contribution in [1.29, 1.82) is 0 Å². The molecule has 2 aromatic carbocycles. The van der Waals surface area contributed by atoms with Crippen LogP contribution in [0.1, 0.15) is 11.1 Å². The molecule has 0 aliphatic heterocycles. The summed E-state index contributed by atoms with van der Waals surface area (Å²) in [7, 11) is 1.17. The van der Waals surface area contributed by atoms with Crippen molar-refractivity contribution in [2.45, 2.75) is 18.4 Å². The lowest BCUT2D eigenvalue weighted by Gasteiger charge is -2.09. The summed E-state index contributed by atoms with van der Waals surface area (Å²) in [4.78, 5) is -0.317. The lowest BCUT2D eigenvalue weighted by Crippen LogP contribution is -2.00. The summed E-state index contributed by atoms with van der Waals surface area (Å²) in [6.45, 7) is 1.98. The molecular weight excluding hydrogens is 338 g/mol. The van der Waals surface area contributed by atoms with Crippen LogP contribution in [0, 0.1) is 12.7 Å². The van der Waals surface area contributed by atoms with Gasteiger partial charge < -0.3 is 4.74 Å². The van der Waals surface area contributed by atoms with Crippen molar-refractivity contribution >= 4 is 31.3 Å². The molecule has 0 radical (unpaired) electrons. The van der Waals surface area contributed by atoms with Crippen LogP contribution in [0.25, 0.3) is 0 Å². The molecule has 0 saturated heterocycles. The van der Waals surface area contributed by atoms with Crippen LogP contribution in [-0.2, 0) is 15.7 Å². The first-order chi connectivity index (χ1) is 9.77. The predicted molar refractivity (Wildman–Crippen MR) is 80.0 cm³/mol. The van der Waals surface area contributed by atoms with Gasteiger partial charge in [0.15, 0.2) is 11.6 Å². The molecule has 2 aromatic rings. The highest BCUT2D eigenvalue weighted by Gasteiger charge is 2.14. The number of hydrogen-bond donors (Lipinski definition) is 0. The van der Waals surface area contributed by atoms with Crippen LogP contribution < -0.4 is 4.74 Å². The van der Waals surface area contributed by atoms with Gasteiger partial charge in [0.2, 0.25) is 0 Å². The Kier molecular flexibility index (Phi) is 4.76. The standard InChI is InChI=1S/C14H11Cl2FO3S/c1-9-2-3-10(12(15)6-9)8-20-14-5-4-11(7-13(14)17)21(16,18)19/h2-7H,8H2,1H3. The molecule has 0 spiro atoms. The zero-order valence-electron chi connectivity index (χ0n) is 10.9. The summed E-state index contributed by atoms with van der Waals surface area (Å²) in [6, 6.07) is 8.63. The van der Waals surface area contributed by atoms with E-state index in [2.05, 4.69) is 0 Å². The van der Waals surface area contributed by atoms with Crippen molar-refractivity contribution in [3.63, 3.8) is 0 Å². The maximum atomic E-state index is 13.8. The Labute approximate surface area is 131 Å². The van der Waals surface area contributed by atoms with Gasteiger partial charge in [-0.3, -0.25) is 0 Å². The smallest absolute Gasteiger partial charge is 0.261 e. The molecule has 0 aromatic heterocycles. The first-order valence-corrected chi connectivity index (χ1v) is 8.58. The van der Waals surface area contributed by atoms with Crippen molar-refractivity contribution in [1.82, 2.24) is 0 Å². The van der Waals surface area contributed by atoms with Crippen LogP contribution in [-0.4, -0.2) is 8.42 Å². The minimum Gasteiger partial charge on any atom is -0.486 e. The van der Waals surface area contributed by atoms with Crippen LogP contribution >= 0.6 is 22.3 Å². The third-order valence-electron chi connectivity index (χ3n) is 2.78. The fourth-order valence-electron chi connectivity index (χ4n) is 1.68. The molecule has 0 aliphatic carbocycles. The van der Waals surface area contributed by atoms with Crippen LogP contribution in [0.15, 0.2) is 41.3 Å². The van der Waals surface area contributed by atoms with Gasteiger partial charge in [-0.1, -0.05) is 23.7 Å². The average molecular weight is 349 g/mol. The molecule has 0 aliphatic rings. The van der Waals surface area contributed by atoms with Gasteiger partial charge >= 0.3 is 0 Å². The zero-order valence-corrected chi connectivity index (χ0v) is 13.3. The summed E-state index contributed by atoms with van der Waals surface area (Å²) in [5, 5.41) is 0.523. The first kappa shape index (κ1) is 16.1. The van der Waals surface area contributed by atoms with E-state index in [0.717, 1.165) is 11.6 Å². The molecule has 0 bridgehead atoms. The normalized spacial score (nSPS) is 11.4. The summed E-state index contributed by atoms with van der Waals surface area (Å²) in [5.41, 5.74) is 1.71. The monoisotopic (exact) mass is 348 g/mol. The fraction of sp³-hybridized carbons (Fsp3) is 0.143. The van der Waals surface area contributed by atoms with Gasteiger partial charge in [-0.05, 0) is 36.8 Å². The lowest BCUT2D eigenvalue weighted by molar-refractivity contribution is 0.290. The number of aryl methyl sites for hydroxylation is 1. The van der Waals surface area contributed by atoms with Crippen molar-refractivity contribution in [3.8, 4) is 5.75 Å². The second kappa shape index (κ2) is 6.22. The molecule has 112 valence electrons. The Morgan fingerprint density at radius 2 is 1.90 bits per heavy atom. The van der Waals surface area contributed by atoms with E-state index < -0.39 is 14.9 Å². The third kappa shape index (κ3) is 4.09. The van der Waals surface area contributed by atoms with E-state index in [1.807, 2.05) is 13.0 Å². The van der Waals surface area contributed by atoms with Gasteiger partial charge in [0.05, 0.1) is 4.90 Å². The second-order valence-corrected chi connectivity index (χ2v) is 7.39. The van der Waals surface area contributed by atoms with E-state index >= 15 is 0 Å². The molecule has 0 amide bonds. The van der Waals surface area contributed by atoms with Crippen molar-refractivity contribution in [3.05, 3.63) is 58.4 Å². The van der Waals surface area contributed by atoms with Gasteiger partial charge in [0, 0.05) is 21.3 Å². The molecule has 0 N–H and O–H groups in total. The average Bonchev–Trinajstić information content (AvgIpc) is 2.38. The van der Waals surface area contributed by atoms with E-state index in [-0.39, 0.29) is 17.3 Å². The van der Waals surface area contributed by atoms with Crippen molar-refractivity contribution in [2.24, 2.45) is 0 Å². The highest BCUT2D eigenvalue weighted by Crippen LogP contribution is 2.25. The van der Waals surface area contributed by atoms with Gasteiger partial charge in [0.1, 0.15) is 6.61 Å². The largest absolute Gasteiger partial charge is 0.486 e. The summed E-state index contributed by atoms with van der Waals surface area (Å²) in [5.74, 6) is -0.879. The van der Waals surface area contributed by atoms with Crippen molar-refractivity contribution < 1.29 is 17.5 Å². The number of halogens is 3. The maximum absolute atomic E-state index is 13.8. The fourth-order valence-corrected chi connectivity index (χ4v) is 2.73. The highest BCUT2D eigenvalue weighted by atomic mass is 35.7. The van der Waals surface area contributed by atoms with Crippen LogP contribution in [0.4, 0.5) is 4.39 Å². The maximum Gasteiger partial charge on any atom is 0.261 e. The summed E-state index contributed by atoms with van der Waals surface area (Å²) >= 11 is 6.05. The van der Waals surface area contributed by atoms with E-state index in [1.165, 1.54) is 12.1 Å². The predicted octanol–water partition coefficient (Wildman–Crippen LogP) is 4.29. The molecule has 7 heteroatoms. The Balaban J connectivity index is 2.17. The highest BCUT2D eigenvalue weighted by molar-refractivity contribution is 8.13. The van der Waals surface area contributed by atoms with Gasteiger partial charge in [-0.15, -0.1) is 0 Å². The van der Waals surface area contributed by atoms with E-state index in [1.54, 1.807) is 12.1 Å². The second-order valence-electron chi connectivity index (χ2n) is 4.41. The molecule has 0 unspecified atom stereocenters. The third-order valence-corrected chi connectivity index (χ3v) is 4.48. The topological polar surface area (TPSA) is 43.4 Å². The molecule has 21 heavy (non-hydrogen) atoms. The SMILES string of the molecule is Cc1ccc(COc2ccc(S(=O)(=O)Cl)cc2F)c(Cl)c1. The minimum atomic E-state index is -3.97. The Morgan fingerprint density at radius 3 is 2.48 bits per heavy atom. The molecule has 0 saturated carbocycles. The molecule has 0 fully saturated rings. The zero-order chi connectivity index (χ0) is 15.6. The Bertz CT molecular complexity index is 776. The summed E-state index contributed by atoms with van der Waals surface area (Å²) < 4.78 is 41.3. The molecular formula is C14H11Cl2FO3S. The van der Waals surface area contributed by atoms with Crippen molar-refractivity contribution in [2.75, 3.05) is 0 Å². The molecule has 0 atom stereocenters. The summed E-state index contributed by atoms with van der Waals surface area (Å²) in [6.07, 6.45) is 0. The quantitative estimate of drug-likeness (QED) is 0.774. The molecule has 2 rings (SSSR count).